The van der Waals surface area contributed by atoms with Crippen molar-refractivity contribution in [3.05, 3.63) is 17.2 Å². The Bertz CT molecular complexity index is 484. The van der Waals surface area contributed by atoms with Crippen molar-refractivity contribution in [3.8, 4) is 0 Å². The lowest BCUT2D eigenvalue weighted by atomic mass is 10.2. The molecule has 1 aromatic rings. The summed E-state index contributed by atoms with van der Waals surface area (Å²) in [6.45, 7) is 0.573. The first-order valence-corrected chi connectivity index (χ1v) is 5.68. The Balaban J connectivity index is 2.27. The molecule has 1 aliphatic heterocycles. The third-order valence-electron chi connectivity index (χ3n) is 2.80. The van der Waals surface area contributed by atoms with E-state index in [4.69, 9.17) is 5.73 Å². The zero-order valence-corrected chi connectivity index (χ0v) is 9.96. The number of carbonyl (C=O) groups excluding carboxylic acids is 1. The van der Waals surface area contributed by atoms with Gasteiger partial charge in [0.25, 0.3) is 0 Å². The van der Waals surface area contributed by atoms with Gasteiger partial charge in [-0.2, -0.15) is 13.2 Å². The Morgan fingerprint density at radius 1 is 1.53 bits per heavy atom. The number of alkyl halides is 3. The standard InChI is InChI=1S/C10H13F3N4O2/c11-10(12,13)8-16-6-5-15-2-1-7(6)17(8)3-4-19-9(14)18/h15H,1-5H2,(H2,14,18). The number of hydrogen-bond donors (Lipinski definition) is 2. The zero-order valence-electron chi connectivity index (χ0n) is 9.96. The summed E-state index contributed by atoms with van der Waals surface area (Å²) >= 11 is 0. The van der Waals surface area contributed by atoms with Crippen LogP contribution in [0.4, 0.5) is 18.0 Å². The number of fused-ring (bicyclic) bond motifs is 1. The predicted molar refractivity (Wildman–Crippen MR) is 58.2 cm³/mol. The van der Waals surface area contributed by atoms with E-state index in [1.807, 2.05) is 0 Å². The molecule has 0 radical (unpaired) electrons. The van der Waals surface area contributed by atoms with E-state index in [1.54, 1.807) is 0 Å². The predicted octanol–water partition coefficient (Wildman–Crippen LogP) is 0.643. The highest BCUT2D eigenvalue weighted by Crippen LogP contribution is 2.31. The summed E-state index contributed by atoms with van der Waals surface area (Å²) in [5.41, 5.74) is 5.69. The molecule has 1 aromatic heterocycles. The fourth-order valence-electron chi connectivity index (χ4n) is 2.07. The third-order valence-corrected chi connectivity index (χ3v) is 2.80. The minimum atomic E-state index is -4.54. The van der Waals surface area contributed by atoms with Gasteiger partial charge < -0.3 is 20.4 Å². The van der Waals surface area contributed by atoms with Crippen LogP contribution in [0.1, 0.15) is 17.2 Å². The molecule has 0 aliphatic carbocycles. The SMILES string of the molecule is NC(=O)OCCn1c(C(F)(F)F)nc2c1CCNC2. The molecule has 9 heteroatoms. The number of amides is 1. The number of aromatic nitrogens is 2. The number of halogens is 3. The fraction of sp³-hybridized carbons (Fsp3) is 0.600. The van der Waals surface area contributed by atoms with Crippen LogP contribution in [0.2, 0.25) is 0 Å². The second-order valence-electron chi connectivity index (χ2n) is 4.07. The van der Waals surface area contributed by atoms with Gasteiger partial charge in [-0.15, -0.1) is 0 Å². The third kappa shape index (κ3) is 2.98. The Hall–Kier alpha value is -1.77. The molecule has 0 unspecified atom stereocenters. The van der Waals surface area contributed by atoms with E-state index < -0.39 is 18.1 Å². The van der Waals surface area contributed by atoms with Gasteiger partial charge in [0.2, 0.25) is 5.82 Å². The first kappa shape index (κ1) is 13.7. The van der Waals surface area contributed by atoms with Crippen molar-refractivity contribution in [2.75, 3.05) is 13.2 Å². The van der Waals surface area contributed by atoms with Crippen molar-refractivity contribution < 1.29 is 22.7 Å². The molecule has 19 heavy (non-hydrogen) atoms. The lowest BCUT2D eigenvalue weighted by Crippen LogP contribution is -2.26. The van der Waals surface area contributed by atoms with Crippen LogP contribution in [0, 0.1) is 0 Å². The highest BCUT2D eigenvalue weighted by molar-refractivity contribution is 5.64. The smallest absolute Gasteiger partial charge is 0.448 e. The van der Waals surface area contributed by atoms with Gasteiger partial charge in [0.15, 0.2) is 0 Å². The fourth-order valence-corrected chi connectivity index (χ4v) is 2.07. The number of ether oxygens (including phenoxy) is 1. The van der Waals surface area contributed by atoms with Crippen LogP contribution in [0.3, 0.4) is 0 Å². The molecule has 1 aliphatic rings. The van der Waals surface area contributed by atoms with E-state index in [0.29, 0.717) is 30.9 Å². The quantitative estimate of drug-likeness (QED) is 0.850. The molecule has 0 saturated heterocycles. The normalized spacial score (nSPS) is 15.1. The van der Waals surface area contributed by atoms with Crippen LogP contribution in [0.15, 0.2) is 0 Å². The summed E-state index contributed by atoms with van der Waals surface area (Å²) in [4.78, 5) is 14.1. The molecule has 0 fully saturated rings. The molecule has 2 heterocycles. The maximum atomic E-state index is 12.9. The topological polar surface area (TPSA) is 82.2 Å². The van der Waals surface area contributed by atoms with Crippen molar-refractivity contribution in [2.24, 2.45) is 5.73 Å². The summed E-state index contributed by atoms with van der Waals surface area (Å²) in [5.74, 6) is -0.964. The number of rotatable bonds is 3. The van der Waals surface area contributed by atoms with Crippen molar-refractivity contribution in [1.82, 2.24) is 14.9 Å². The maximum absolute atomic E-state index is 12.9. The number of imidazole rings is 1. The van der Waals surface area contributed by atoms with Gasteiger partial charge in [0.05, 0.1) is 12.2 Å². The highest BCUT2D eigenvalue weighted by Gasteiger charge is 2.39. The number of hydrogen-bond acceptors (Lipinski definition) is 4. The maximum Gasteiger partial charge on any atom is 0.449 e. The number of nitrogens with two attached hydrogens (primary N) is 1. The molecule has 106 valence electrons. The number of carbonyl (C=O) groups is 1. The molecular weight excluding hydrogens is 265 g/mol. The Morgan fingerprint density at radius 2 is 2.26 bits per heavy atom. The molecule has 0 aromatic carbocycles. The van der Waals surface area contributed by atoms with Crippen LogP contribution in [-0.2, 0) is 30.4 Å². The lowest BCUT2D eigenvalue weighted by molar-refractivity contribution is -0.147. The summed E-state index contributed by atoms with van der Waals surface area (Å²) in [6, 6.07) is 0. The van der Waals surface area contributed by atoms with Crippen LogP contribution in [-0.4, -0.2) is 28.8 Å². The summed E-state index contributed by atoms with van der Waals surface area (Å²) in [5, 5.41) is 2.96. The minimum absolute atomic E-state index is 0.111. The lowest BCUT2D eigenvalue weighted by Gasteiger charge is -2.16. The van der Waals surface area contributed by atoms with Crippen LogP contribution < -0.4 is 11.1 Å². The first-order chi connectivity index (χ1) is 8.89. The van der Waals surface area contributed by atoms with Crippen LogP contribution in [0.25, 0.3) is 0 Å². The summed E-state index contributed by atoms with van der Waals surface area (Å²) in [7, 11) is 0. The van der Waals surface area contributed by atoms with Crippen molar-refractivity contribution in [1.29, 1.82) is 0 Å². The number of nitrogens with one attached hydrogen (secondary N) is 1. The van der Waals surface area contributed by atoms with E-state index in [1.165, 1.54) is 0 Å². The van der Waals surface area contributed by atoms with Gasteiger partial charge in [-0.05, 0) is 0 Å². The van der Waals surface area contributed by atoms with Crippen LogP contribution in [0.5, 0.6) is 0 Å². The largest absolute Gasteiger partial charge is 0.449 e. The number of nitrogens with zero attached hydrogens (tertiary/aromatic N) is 2. The first-order valence-electron chi connectivity index (χ1n) is 5.68. The summed E-state index contributed by atoms with van der Waals surface area (Å²) in [6.07, 6.45) is -5.09. The molecule has 2 rings (SSSR count). The van der Waals surface area contributed by atoms with E-state index in [2.05, 4.69) is 15.0 Å². The Morgan fingerprint density at radius 3 is 2.89 bits per heavy atom. The van der Waals surface area contributed by atoms with Gasteiger partial charge in [0.1, 0.15) is 6.61 Å². The molecule has 0 atom stereocenters. The molecule has 1 amide bonds. The highest BCUT2D eigenvalue weighted by atomic mass is 19.4. The van der Waals surface area contributed by atoms with Gasteiger partial charge in [-0.3, -0.25) is 0 Å². The molecule has 6 nitrogen and oxygen atoms in total. The van der Waals surface area contributed by atoms with E-state index in [9.17, 15) is 18.0 Å². The van der Waals surface area contributed by atoms with Gasteiger partial charge >= 0.3 is 12.3 Å². The van der Waals surface area contributed by atoms with E-state index >= 15 is 0 Å². The van der Waals surface area contributed by atoms with E-state index in [0.717, 1.165) is 4.57 Å². The molecule has 3 N–H and O–H groups in total. The van der Waals surface area contributed by atoms with Gasteiger partial charge in [-0.25, -0.2) is 9.78 Å². The van der Waals surface area contributed by atoms with E-state index in [-0.39, 0.29) is 13.2 Å². The molecule has 0 saturated carbocycles. The van der Waals surface area contributed by atoms with Crippen molar-refractivity contribution in [3.63, 3.8) is 0 Å². The zero-order chi connectivity index (χ0) is 14.0. The Labute approximate surface area is 106 Å². The monoisotopic (exact) mass is 278 g/mol. The van der Waals surface area contributed by atoms with Gasteiger partial charge in [-0.1, -0.05) is 0 Å². The number of primary amides is 1. The second kappa shape index (κ2) is 5.08. The minimum Gasteiger partial charge on any atom is -0.448 e. The molecular formula is C10H13F3N4O2. The average molecular weight is 278 g/mol. The molecule has 0 bridgehead atoms. The average Bonchev–Trinajstić information content (AvgIpc) is 2.68. The van der Waals surface area contributed by atoms with Crippen molar-refractivity contribution in [2.45, 2.75) is 25.7 Å². The Kier molecular flexibility index (Phi) is 3.65. The second-order valence-corrected chi connectivity index (χ2v) is 4.07. The van der Waals surface area contributed by atoms with Crippen LogP contribution >= 0.6 is 0 Å². The molecule has 0 spiro atoms. The summed E-state index contributed by atoms with van der Waals surface area (Å²) < 4.78 is 44.2. The van der Waals surface area contributed by atoms with Crippen molar-refractivity contribution >= 4 is 6.09 Å². The van der Waals surface area contributed by atoms with Gasteiger partial charge in [0, 0.05) is 25.2 Å².